The second-order valence-electron chi connectivity index (χ2n) is 5.92. The fourth-order valence-corrected chi connectivity index (χ4v) is 1.78. The van der Waals surface area contributed by atoms with Crippen LogP contribution in [0.2, 0.25) is 0 Å². The number of hydrogen-bond donors (Lipinski definition) is 1. The Morgan fingerprint density at radius 2 is 2.09 bits per heavy atom. The topological polar surface area (TPSA) is 71.3 Å². The SMILES string of the molecule is CCOC(C)(C)C(=O)Nc1ccc(OCC(C)C)cc1C#N. The molecule has 0 heterocycles. The summed E-state index contributed by atoms with van der Waals surface area (Å²) in [5.41, 5.74) is -0.132. The maximum Gasteiger partial charge on any atom is 0.256 e. The van der Waals surface area contributed by atoms with Gasteiger partial charge in [-0.05, 0) is 44.9 Å². The van der Waals surface area contributed by atoms with Crippen molar-refractivity contribution in [3.63, 3.8) is 0 Å². The third kappa shape index (κ3) is 5.05. The second kappa shape index (κ2) is 7.81. The Morgan fingerprint density at radius 1 is 1.41 bits per heavy atom. The lowest BCUT2D eigenvalue weighted by molar-refractivity contribution is -0.136. The zero-order valence-corrected chi connectivity index (χ0v) is 13.9. The molecule has 1 amide bonds. The van der Waals surface area contributed by atoms with Crippen molar-refractivity contribution >= 4 is 11.6 Å². The van der Waals surface area contributed by atoms with Crippen molar-refractivity contribution < 1.29 is 14.3 Å². The molecule has 1 aromatic rings. The van der Waals surface area contributed by atoms with Gasteiger partial charge in [0.25, 0.3) is 5.91 Å². The Hall–Kier alpha value is -2.06. The molecule has 0 aromatic heterocycles. The molecule has 1 rings (SSSR count). The van der Waals surface area contributed by atoms with Crippen molar-refractivity contribution in [1.29, 1.82) is 5.26 Å². The van der Waals surface area contributed by atoms with E-state index in [-0.39, 0.29) is 5.91 Å². The molecule has 0 unspecified atom stereocenters. The summed E-state index contributed by atoms with van der Waals surface area (Å²) in [7, 11) is 0. The Labute approximate surface area is 132 Å². The van der Waals surface area contributed by atoms with E-state index in [1.54, 1.807) is 32.0 Å². The van der Waals surface area contributed by atoms with Gasteiger partial charge >= 0.3 is 0 Å². The van der Waals surface area contributed by atoms with Crippen LogP contribution in [0.15, 0.2) is 18.2 Å². The molecule has 22 heavy (non-hydrogen) atoms. The van der Waals surface area contributed by atoms with Crippen molar-refractivity contribution in [3.8, 4) is 11.8 Å². The number of nitrogens with one attached hydrogen (secondary N) is 1. The summed E-state index contributed by atoms with van der Waals surface area (Å²) in [6.45, 7) is 10.3. The predicted octanol–water partition coefficient (Wildman–Crippen LogP) is 3.35. The fourth-order valence-electron chi connectivity index (χ4n) is 1.78. The first-order valence-corrected chi connectivity index (χ1v) is 7.42. The standard InChI is InChI=1S/C17H24N2O3/c1-6-22-17(4,5)16(20)19-15-8-7-14(9-13(15)10-18)21-11-12(2)3/h7-9,12H,6,11H2,1-5H3,(H,19,20). The molecule has 1 aromatic carbocycles. The van der Waals surface area contributed by atoms with Crippen LogP contribution in [0.5, 0.6) is 5.75 Å². The minimum Gasteiger partial charge on any atom is -0.493 e. The molecule has 5 nitrogen and oxygen atoms in total. The molecule has 0 radical (unpaired) electrons. The molecule has 5 heteroatoms. The van der Waals surface area contributed by atoms with Gasteiger partial charge in [0.15, 0.2) is 0 Å². The number of hydrogen-bond acceptors (Lipinski definition) is 4. The Bertz CT molecular complexity index is 560. The second-order valence-corrected chi connectivity index (χ2v) is 5.92. The maximum absolute atomic E-state index is 12.2. The minimum absolute atomic E-state index is 0.290. The Morgan fingerprint density at radius 3 is 2.64 bits per heavy atom. The average molecular weight is 304 g/mol. The summed E-state index contributed by atoms with van der Waals surface area (Å²) < 4.78 is 11.0. The first kappa shape index (κ1) is 18.0. The Balaban J connectivity index is 2.88. The highest BCUT2D eigenvalue weighted by molar-refractivity contribution is 5.97. The highest BCUT2D eigenvalue weighted by Gasteiger charge is 2.28. The number of amides is 1. The quantitative estimate of drug-likeness (QED) is 0.838. The number of nitriles is 1. The van der Waals surface area contributed by atoms with Gasteiger partial charge in [0.1, 0.15) is 17.4 Å². The summed E-state index contributed by atoms with van der Waals surface area (Å²) in [5.74, 6) is 0.728. The molecule has 0 bridgehead atoms. The fraction of sp³-hybridized carbons (Fsp3) is 0.529. The van der Waals surface area contributed by atoms with Gasteiger partial charge in [0.05, 0.1) is 17.9 Å². The van der Waals surface area contributed by atoms with Crippen molar-refractivity contribution in [2.75, 3.05) is 18.5 Å². The van der Waals surface area contributed by atoms with Gasteiger partial charge in [-0.1, -0.05) is 13.8 Å². The van der Waals surface area contributed by atoms with Crippen LogP contribution in [0.1, 0.15) is 40.2 Å². The van der Waals surface area contributed by atoms with Crippen LogP contribution < -0.4 is 10.1 Å². The lowest BCUT2D eigenvalue weighted by Crippen LogP contribution is -2.40. The van der Waals surface area contributed by atoms with Gasteiger partial charge in [-0.25, -0.2) is 0 Å². The molecule has 0 atom stereocenters. The van der Waals surface area contributed by atoms with Gasteiger partial charge in [0, 0.05) is 6.61 Å². The van der Waals surface area contributed by atoms with E-state index in [1.807, 2.05) is 6.92 Å². The molecule has 1 N–H and O–H groups in total. The number of benzene rings is 1. The molecule has 120 valence electrons. The molecule has 0 saturated heterocycles. The van der Waals surface area contributed by atoms with Crippen LogP contribution in [0.4, 0.5) is 5.69 Å². The van der Waals surface area contributed by atoms with Crippen LogP contribution in [0.25, 0.3) is 0 Å². The number of rotatable bonds is 7. The zero-order chi connectivity index (χ0) is 16.8. The summed E-state index contributed by atoms with van der Waals surface area (Å²) in [6.07, 6.45) is 0. The Kier molecular flexibility index (Phi) is 6.39. The first-order valence-electron chi connectivity index (χ1n) is 7.42. The number of ether oxygens (including phenoxy) is 2. The smallest absolute Gasteiger partial charge is 0.256 e. The predicted molar refractivity (Wildman–Crippen MR) is 85.8 cm³/mol. The highest BCUT2D eigenvalue weighted by atomic mass is 16.5. The molecule has 0 aliphatic carbocycles. The minimum atomic E-state index is -0.950. The lowest BCUT2D eigenvalue weighted by atomic mass is 10.1. The van der Waals surface area contributed by atoms with Crippen molar-refractivity contribution in [3.05, 3.63) is 23.8 Å². The largest absolute Gasteiger partial charge is 0.493 e. The molecule has 0 aliphatic heterocycles. The van der Waals surface area contributed by atoms with Gasteiger partial charge in [-0.2, -0.15) is 5.26 Å². The zero-order valence-electron chi connectivity index (χ0n) is 13.9. The van der Waals surface area contributed by atoms with Gasteiger partial charge in [-0.15, -0.1) is 0 Å². The van der Waals surface area contributed by atoms with E-state index in [0.717, 1.165) is 0 Å². The highest BCUT2D eigenvalue weighted by Crippen LogP contribution is 2.23. The lowest BCUT2D eigenvalue weighted by Gasteiger charge is -2.23. The van der Waals surface area contributed by atoms with E-state index in [9.17, 15) is 10.1 Å². The number of anilines is 1. The molecule has 0 aliphatic rings. The molecule has 0 saturated carbocycles. The van der Waals surface area contributed by atoms with Crippen LogP contribution >= 0.6 is 0 Å². The normalized spacial score (nSPS) is 11.1. The number of carbonyl (C=O) groups excluding carboxylic acids is 1. The van der Waals surface area contributed by atoms with Crippen LogP contribution in [-0.2, 0) is 9.53 Å². The van der Waals surface area contributed by atoms with E-state index in [4.69, 9.17) is 9.47 Å². The summed E-state index contributed by atoms with van der Waals surface area (Å²) >= 11 is 0. The van der Waals surface area contributed by atoms with Crippen LogP contribution in [-0.4, -0.2) is 24.7 Å². The molecular formula is C17H24N2O3. The van der Waals surface area contributed by atoms with Crippen molar-refractivity contribution in [1.82, 2.24) is 0 Å². The monoisotopic (exact) mass is 304 g/mol. The first-order chi connectivity index (χ1) is 10.3. The van der Waals surface area contributed by atoms with Crippen LogP contribution in [0, 0.1) is 17.2 Å². The summed E-state index contributed by atoms with van der Waals surface area (Å²) in [5, 5.41) is 12.0. The van der Waals surface area contributed by atoms with Gasteiger partial charge < -0.3 is 14.8 Å². The van der Waals surface area contributed by atoms with Crippen molar-refractivity contribution in [2.45, 2.75) is 40.2 Å². The summed E-state index contributed by atoms with van der Waals surface area (Å²) in [6, 6.07) is 7.12. The van der Waals surface area contributed by atoms with E-state index in [2.05, 4.69) is 25.2 Å². The number of nitrogens with zero attached hydrogens (tertiary/aromatic N) is 1. The van der Waals surface area contributed by atoms with E-state index >= 15 is 0 Å². The average Bonchev–Trinajstić information content (AvgIpc) is 2.45. The number of carbonyl (C=O) groups is 1. The maximum atomic E-state index is 12.2. The molecule has 0 spiro atoms. The van der Waals surface area contributed by atoms with E-state index < -0.39 is 5.60 Å². The summed E-state index contributed by atoms with van der Waals surface area (Å²) in [4.78, 5) is 12.2. The van der Waals surface area contributed by atoms with Gasteiger partial charge in [0.2, 0.25) is 0 Å². The van der Waals surface area contributed by atoms with Crippen molar-refractivity contribution in [2.24, 2.45) is 5.92 Å². The third-order valence-electron chi connectivity index (χ3n) is 3.00. The third-order valence-corrected chi connectivity index (χ3v) is 3.00. The molecule has 0 fully saturated rings. The van der Waals surface area contributed by atoms with E-state index in [1.165, 1.54) is 0 Å². The van der Waals surface area contributed by atoms with Crippen LogP contribution in [0.3, 0.4) is 0 Å². The van der Waals surface area contributed by atoms with Gasteiger partial charge in [-0.3, -0.25) is 4.79 Å². The van der Waals surface area contributed by atoms with E-state index in [0.29, 0.717) is 36.1 Å². The molecular weight excluding hydrogens is 280 g/mol.